The summed E-state index contributed by atoms with van der Waals surface area (Å²) in [5.74, 6) is 2.22. The number of hydrogen-bond acceptors (Lipinski definition) is 3. The van der Waals surface area contributed by atoms with Crippen LogP contribution in [0.2, 0.25) is 0 Å². The van der Waals surface area contributed by atoms with Gasteiger partial charge in [-0.05, 0) is 36.6 Å². The van der Waals surface area contributed by atoms with Crippen LogP contribution in [0.15, 0.2) is 23.1 Å². The molecule has 0 amide bonds. The lowest BCUT2D eigenvalue weighted by Gasteiger charge is -2.13. The normalized spacial score (nSPS) is 20.5. The molecule has 0 aliphatic carbocycles. The van der Waals surface area contributed by atoms with Crippen molar-refractivity contribution in [1.82, 2.24) is 0 Å². The summed E-state index contributed by atoms with van der Waals surface area (Å²) in [6, 6.07) is 5.89. The molecule has 1 aliphatic heterocycles. The van der Waals surface area contributed by atoms with Crippen LogP contribution in [0.4, 0.5) is 10.1 Å². The minimum absolute atomic E-state index is 0.127. The van der Waals surface area contributed by atoms with Crippen LogP contribution < -0.4 is 5.32 Å². The highest BCUT2D eigenvalue weighted by molar-refractivity contribution is 7.99. The van der Waals surface area contributed by atoms with E-state index < -0.39 is 0 Å². The van der Waals surface area contributed by atoms with E-state index in [9.17, 15) is 4.39 Å². The topological polar surface area (TPSA) is 12.0 Å². The molecule has 1 saturated heterocycles. The smallest absolute Gasteiger partial charge is 0.138 e. The first-order chi connectivity index (χ1) is 7.29. The maximum atomic E-state index is 13.5. The zero-order valence-corrected chi connectivity index (χ0v) is 10.3. The Hall–Kier alpha value is -0.350. The molecular weight excluding hydrogens is 229 g/mol. The zero-order valence-electron chi connectivity index (χ0n) is 8.63. The van der Waals surface area contributed by atoms with Gasteiger partial charge in [0.15, 0.2) is 0 Å². The van der Waals surface area contributed by atoms with Crippen LogP contribution in [-0.2, 0) is 0 Å². The van der Waals surface area contributed by atoms with E-state index in [2.05, 4.69) is 5.32 Å². The van der Waals surface area contributed by atoms with Crippen LogP contribution in [-0.4, -0.2) is 23.8 Å². The van der Waals surface area contributed by atoms with E-state index in [4.69, 9.17) is 0 Å². The quantitative estimate of drug-likeness (QED) is 0.816. The molecule has 0 aromatic heterocycles. The second-order valence-corrected chi connectivity index (χ2v) is 5.55. The summed E-state index contributed by atoms with van der Waals surface area (Å²) in [6.45, 7) is 0. The first-order valence-corrected chi connectivity index (χ1v) is 7.35. The van der Waals surface area contributed by atoms with Gasteiger partial charge in [0.1, 0.15) is 5.82 Å². The fourth-order valence-electron chi connectivity index (χ4n) is 1.64. The lowest BCUT2D eigenvalue weighted by Crippen LogP contribution is -2.18. The molecule has 0 bridgehead atoms. The summed E-state index contributed by atoms with van der Waals surface area (Å²) in [6.07, 6.45) is 3.07. The number of halogens is 1. The van der Waals surface area contributed by atoms with Crippen molar-refractivity contribution in [1.29, 1.82) is 0 Å². The third-order valence-electron chi connectivity index (χ3n) is 2.45. The van der Waals surface area contributed by atoms with Crippen LogP contribution in [0.25, 0.3) is 0 Å². The number of anilines is 1. The van der Waals surface area contributed by atoms with Gasteiger partial charge in [-0.15, -0.1) is 11.8 Å². The second-order valence-electron chi connectivity index (χ2n) is 3.55. The molecular formula is C11H14FNS2. The van der Waals surface area contributed by atoms with E-state index >= 15 is 0 Å². The molecule has 0 radical (unpaired) electrons. The number of nitrogens with one attached hydrogen (secondary N) is 1. The number of rotatable bonds is 3. The molecule has 0 spiro atoms. The van der Waals surface area contributed by atoms with Crippen LogP contribution in [0, 0.1) is 5.82 Å². The van der Waals surface area contributed by atoms with Crippen molar-refractivity contribution in [2.45, 2.75) is 17.4 Å². The van der Waals surface area contributed by atoms with Gasteiger partial charge >= 0.3 is 0 Å². The predicted octanol–water partition coefficient (Wildman–Crippen LogP) is 3.47. The number of benzene rings is 1. The molecule has 1 N–H and O–H groups in total. The number of hydrogen-bond donors (Lipinski definition) is 1. The molecule has 1 heterocycles. The largest absolute Gasteiger partial charge is 0.381 e. The first kappa shape index (κ1) is 11.1. The van der Waals surface area contributed by atoms with Crippen molar-refractivity contribution in [2.75, 3.05) is 23.1 Å². The molecule has 1 aliphatic rings. The van der Waals surface area contributed by atoms with E-state index in [0.29, 0.717) is 10.9 Å². The Balaban J connectivity index is 2.05. The standard InChI is InChI=1S/C11H14FNS2/c1-14-11-3-2-8(6-10(11)12)13-9-4-5-15-7-9/h2-3,6,9,13H,4-5,7H2,1H3. The molecule has 0 saturated carbocycles. The molecule has 2 rings (SSSR count). The number of thioether (sulfide) groups is 2. The maximum Gasteiger partial charge on any atom is 0.138 e. The minimum Gasteiger partial charge on any atom is -0.381 e. The van der Waals surface area contributed by atoms with E-state index in [1.165, 1.54) is 23.9 Å². The van der Waals surface area contributed by atoms with Crippen molar-refractivity contribution in [3.63, 3.8) is 0 Å². The zero-order chi connectivity index (χ0) is 10.7. The van der Waals surface area contributed by atoms with Crippen molar-refractivity contribution < 1.29 is 4.39 Å². The summed E-state index contributed by atoms with van der Waals surface area (Å²) >= 11 is 3.39. The first-order valence-electron chi connectivity index (χ1n) is 4.97. The van der Waals surface area contributed by atoms with Gasteiger partial charge in [0.2, 0.25) is 0 Å². The molecule has 1 nitrogen and oxygen atoms in total. The SMILES string of the molecule is CSc1ccc(NC2CCSC2)cc1F. The Morgan fingerprint density at radius 1 is 1.53 bits per heavy atom. The van der Waals surface area contributed by atoms with Gasteiger partial charge in [-0.3, -0.25) is 0 Å². The van der Waals surface area contributed by atoms with Gasteiger partial charge in [0.25, 0.3) is 0 Å². The van der Waals surface area contributed by atoms with Crippen LogP contribution >= 0.6 is 23.5 Å². The summed E-state index contributed by atoms with van der Waals surface area (Å²) in [5, 5.41) is 3.36. The molecule has 4 heteroatoms. The Morgan fingerprint density at radius 2 is 2.40 bits per heavy atom. The van der Waals surface area contributed by atoms with E-state index in [0.717, 1.165) is 11.4 Å². The van der Waals surface area contributed by atoms with E-state index in [-0.39, 0.29) is 5.82 Å². The average molecular weight is 243 g/mol. The monoisotopic (exact) mass is 243 g/mol. The van der Waals surface area contributed by atoms with Gasteiger partial charge in [0.05, 0.1) is 0 Å². The van der Waals surface area contributed by atoms with Crippen molar-refractivity contribution in [2.24, 2.45) is 0 Å². The fraction of sp³-hybridized carbons (Fsp3) is 0.455. The predicted molar refractivity (Wildman–Crippen MR) is 67.5 cm³/mol. The molecule has 1 fully saturated rings. The maximum absolute atomic E-state index is 13.5. The molecule has 1 atom stereocenters. The van der Waals surface area contributed by atoms with Crippen LogP contribution in [0.3, 0.4) is 0 Å². The van der Waals surface area contributed by atoms with Gasteiger partial charge in [-0.2, -0.15) is 11.8 Å². The summed E-state index contributed by atoms with van der Waals surface area (Å²) in [4.78, 5) is 0.710. The van der Waals surface area contributed by atoms with Crippen molar-refractivity contribution in [3.8, 4) is 0 Å². The Morgan fingerprint density at radius 3 is 3.00 bits per heavy atom. The Labute approximate surface area is 98.2 Å². The molecule has 82 valence electrons. The van der Waals surface area contributed by atoms with E-state index in [1.807, 2.05) is 30.2 Å². The lowest BCUT2D eigenvalue weighted by atomic mass is 10.2. The molecule has 1 aromatic rings. The van der Waals surface area contributed by atoms with Crippen molar-refractivity contribution >= 4 is 29.2 Å². The van der Waals surface area contributed by atoms with Crippen LogP contribution in [0.5, 0.6) is 0 Å². The highest BCUT2D eigenvalue weighted by Gasteiger charge is 2.15. The Bertz CT molecular complexity index is 337. The lowest BCUT2D eigenvalue weighted by molar-refractivity contribution is 0.602. The Kier molecular flexibility index (Phi) is 3.81. The minimum atomic E-state index is -0.127. The molecule has 1 aromatic carbocycles. The van der Waals surface area contributed by atoms with Crippen molar-refractivity contribution in [3.05, 3.63) is 24.0 Å². The fourth-order valence-corrected chi connectivity index (χ4v) is 3.25. The summed E-state index contributed by atoms with van der Waals surface area (Å²) in [5.41, 5.74) is 0.901. The van der Waals surface area contributed by atoms with Gasteiger partial charge in [-0.25, -0.2) is 4.39 Å². The summed E-state index contributed by atoms with van der Waals surface area (Å²) < 4.78 is 13.5. The van der Waals surface area contributed by atoms with Gasteiger partial charge < -0.3 is 5.32 Å². The van der Waals surface area contributed by atoms with Crippen LogP contribution in [0.1, 0.15) is 6.42 Å². The molecule has 1 unspecified atom stereocenters. The highest BCUT2D eigenvalue weighted by Crippen LogP contribution is 2.25. The third kappa shape index (κ3) is 2.82. The molecule has 15 heavy (non-hydrogen) atoms. The second kappa shape index (κ2) is 5.12. The summed E-state index contributed by atoms with van der Waals surface area (Å²) in [7, 11) is 0. The van der Waals surface area contributed by atoms with Gasteiger partial charge in [0, 0.05) is 22.4 Å². The highest BCUT2D eigenvalue weighted by atomic mass is 32.2. The van der Waals surface area contributed by atoms with Gasteiger partial charge in [-0.1, -0.05) is 0 Å². The van der Waals surface area contributed by atoms with E-state index in [1.54, 1.807) is 6.07 Å². The third-order valence-corrected chi connectivity index (χ3v) is 4.39. The average Bonchev–Trinajstić information content (AvgIpc) is 2.71.